The summed E-state index contributed by atoms with van der Waals surface area (Å²) in [6, 6.07) is 0. The van der Waals surface area contributed by atoms with Crippen molar-refractivity contribution < 1.29 is 18.0 Å². The van der Waals surface area contributed by atoms with Gasteiger partial charge in [-0.05, 0) is 19.4 Å². The monoisotopic (exact) mass is 236 g/mol. The van der Waals surface area contributed by atoms with Gasteiger partial charge in [-0.15, -0.1) is 0 Å². The van der Waals surface area contributed by atoms with Gasteiger partial charge < -0.3 is 10.2 Å². The third-order valence-corrected chi connectivity index (χ3v) is 3.37. The van der Waals surface area contributed by atoms with Gasteiger partial charge in [0.15, 0.2) is 0 Å². The number of amides is 1. The van der Waals surface area contributed by atoms with Gasteiger partial charge in [-0.1, -0.05) is 0 Å². The van der Waals surface area contributed by atoms with Crippen LogP contribution in [0.1, 0.15) is 12.8 Å². The molecule has 0 aromatic heterocycles. The van der Waals surface area contributed by atoms with E-state index in [1.807, 2.05) is 0 Å². The molecule has 1 amide bonds. The van der Waals surface area contributed by atoms with Crippen LogP contribution in [-0.2, 0) is 4.79 Å². The lowest BCUT2D eigenvalue weighted by Crippen LogP contribution is -2.36. The molecule has 0 aromatic carbocycles. The first-order chi connectivity index (χ1) is 7.48. The number of halogens is 3. The molecule has 0 spiro atoms. The van der Waals surface area contributed by atoms with Crippen LogP contribution in [0.15, 0.2) is 0 Å². The maximum Gasteiger partial charge on any atom is 0.393 e. The van der Waals surface area contributed by atoms with Crippen molar-refractivity contribution >= 4 is 5.91 Å². The second-order valence-corrected chi connectivity index (χ2v) is 4.50. The molecule has 0 aliphatic carbocycles. The van der Waals surface area contributed by atoms with Crippen molar-refractivity contribution in [3.05, 3.63) is 0 Å². The molecule has 2 aliphatic heterocycles. The zero-order chi connectivity index (χ0) is 11.8. The maximum atomic E-state index is 12.4. The molecule has 16 heavy (non-hydrogen) atoms. The fraction of sp³-hybridized carbons (Fsp3) is 0.900. The van der Waals surface area contributed by atoms with E-state index < -0.39 is 12.1 Å². The van der Waals surface area contributed by atoms with Gasteiger partial charge in [-0.3, -0.25) is 4.79 Å². The Morgan fingerprint density at radius 3 is 2.56 bits per heavy atom. The topological polar surface area (TPSA) is 32.3 Å². The smallest absolute Gasteiger partial charge is 0.342 e. The Balaban J connectivity index is 1.90. The molecule has 2 rings (SSSR count). The van der Waals surface area contributed by atoms with Crippen LogP contribution in [0.25, 0.3) is 0 Å². The lowest BCUT2D eigenvalue weighted by molar-refractivity contribution is -0.171. The number of alkyl halides is 3. The fourth-order valence-electron chi connectivity index (χ4n) is 2.35. The zero-order valence-corrected chi connectivity index (χ0v) is 8.89. The quantitative estimate of drug-likeness (QED) is 0.737. The van der Waals surface area contributed by atoms with E-state index in [0.717, 1.165) is 13.0 Å². The predicted octanol–water partition coefficient (Wildman–Crippen LogP) is 1.01. The summed E-state index contributed by atoms with van der Waals surface area (Å²) in [4.78, 5) is 13.2. The molecule has 92 valence electrons. The molecule has 6 heteroatoms. The van der Waals surface area contributed by atoms with Crippen molar-refractivity contribution in [2.24, 2.45) is 11.8 Å². The Hall–Kier alpha value is -0.780. The molecule has 3 nitrogen and oxygen atoms in total. The Morgan fingerprint density at radius 2 is 2.06 bits per heavy atom. The first-order valence-electron chi connectivity index (χ1n) is 5.54. The molecule has 2 aliphatic rings. The average Bonchev–Trinajstić information content (AvgIpc) is 2.87. The van der Waals surface area contributed by atoms with Crippen molar-refractivity contribution in [1.29, 1.82) is 0 Å². The Labute approximate surface area is 92.0 Å². The standard InChI is InChI=1S/C10H15F3N2O/c11-10(12,13)8-2-4-15(6-8)9(16)7-1-3-14-5-7/h7-8,14H,1-6H2/t7-,8+/m0/s1. The molecular formula is C10H15F3N2O. The average molecular weight is 236 g/mol. The highest BCUT2D eigenvalue weighted by Gasteiger charge is 2.45. The van der Waals surface area contributed by atoms with E-state index in [-0.39, 0.29) is 31.3 Å². The molecule has 0 aromatic rings. The first kappa shape index (κ1) is 11.7. The van der Waals surface area contributed by atoms with E-state index in [2.05, 4.69) is 5.32 Å². The summed E-state index contributed by atoms with van der Waals surface area (Å²) in [7, 11) is 0. The minimum Gasteiger partial charge on any atom is -0.342 e. The fourth-order valence-corrected chi connectivity index (χ4v) is 2.35. The number of hydrogen-bond acceptors (Lipinski definition) is 2. The molecule has 0 saturated carbocycles. The van der Waals surface area contributed by atoms with Gasteiger partial charge >= 0.3 is 6.18 Å². The normalized spacial score (nSPS) is 31.1. The number of rotatable bonds is 1. The summed E-state index contributed by atoms with van der Waals surface area (Å²) >= 11 is 0. The Kier molecular flexibility index (Phi) is 3.10. The van der Waals surface area contributed by atoms with Crippen molar-refractivity contribution in [2.75, 3.05) is 26.2 Å². The van der Waals surface area contributed by atoms with Gasteiger partial charge in [-0.25, -0.2) is 0 Å². The Morgan fingerprint density at radius 1 is 1.31 bits per heavy atom. The maximum absolute atomic E-state index is 12.4. The summed E-state index contributed by atoms with van der Waals surface area (Å²) in [5, 5.41) is 3.05. The minimum atomic E-state index is -4.16. The number of likely N-dealkylation sites (tertiary alicyclic amines) is 1. The van der Waals surface area contributed by atoms with Crippen LogP contribution < -0.4 is 5.32 Å². The van der Waals surface area contributed by atoms with Gasteiger partial charge in [0.1, 0.15) is 0 Å². The van der Waals surface area contributed by atoms with Crippen LogP contribution in [0.2, 0.25) is 0 Å². The summed E-state index contributed by atoms with van der Waals surface area (Å²) < 4.78 is 37.3. The van der Waals surface area contributed by atoms with Crippen molar-refractivity contribution in [3.63, 3.8) is 0 Å². The lowest BCUT2D eigenvalue weighted by atomic mass is 10.1. The summed E-state index contributed by atoms with van der Waals surface area (Å²) in [6.45, 7) is 1.48. The third kappa shape index (κ3) is 2.31. The SMILES string of the molecule is O=C([C@H]1CCNC1)N1CC[C@@H](C(F)(F)F)C1. The number of carbonyl (C=O) groups excluding carboxylic acids is 1. The molecule has 2 heterocycles. The van der Waals surface area contributed by atoms with E-state index >= 15 is 0 Å². The van der Waals surface area contributed by atoms with E-state index in [1.54, 1.807) is 0 Å². The lowest BCUT2D eigenvalue weighted by Gasteiger charge is -2.20. The summed E-state index contributed by atoms with van der Waals surface area (Å²) in [5.74, 6) is -1.56. The van der Waals surface area contributed by atoms with Crippen LogP contribution in [0.4, 0.5) is 13.2 Å². The molecule has 2 saturated heterocycles. The number of hydrogen-bond donors (Lipinski definition) is 1. The van der Waals surface area contributed by atoms with Crippen LogP contribution in [0, 0.1) is 11.8 Å². The van der Waals surface area contributed by atoms with Crippen LogP contribution in [0.5, 0.6) is 0 Å². The van der Waals surface area contributed by atoms with Crippen molar-refractivity contribution in [1.82, 2.24) is 10.2 Å². The molecule has 0 unspecified atom stereocenters. The number of nitrogens with one attached hydrogen (secondary N) is 1. The zero-order valence-electron chi connectivity index (χ0n) is 8.89. The van der Waals surface area contributed by atoms with Crippen molar-refractivity contribution in [2.45, 2.75) is 19.0 Å². The second-order valence-electron chi connectivity index (χ2n) is 4.50. The van der Waals surface area contributed by atoms with E-state index in [4.69, 9.17) is 0 Å². The van der Waals surface area contributed by atoms with Gasteiger partial charge in [0, 0.05) is 19.6 Å². The van der Waals surface area contributed by atoms with Crippen molar-refractivity contribution in [3.8, 4) is 0 Å². The molecule has 0 radical (unpaired) electrons. The number of carbonyl (C=O) groups is 1. The largest absolute Gasteiger partial charge is 0.393 e. The summed E-state index contributed by atoms with van der Waals surface area (Å²) in [5.41, 5.74) is 0. The van der Waals surface area contributed by atoms with Gasteiger partial charge in [0.05, 0.1) is 11.8 Å². The highest BCUT2D eigenvalue weighted by Crippen LogP contribution is 2.34. The predicted molar refractivity (Wildman–Crippen MR) is 51.7 cm³/mol. The van der Waals surface area contributed by atoms with Crippen LogP contribution >= 0.6 is 0 Å². The highest BCUT2D eigenvalue weighted by molar-refractivity contribution is 5.79. The Bertz CT molecular complexity index is 274. The van der Waals surface area contributed by atoms with Crippen LogP contribution in [-0.4, -0.2) is 43.2 Å². The van der Waals surface area contributed by atoms with Crippen LogP contribution in [0.3, 0.4) is 0 Å². The summed E-state index contributed by atoms with van der Waals surface area (Å²) in [6.07, 6.45) is -3.37. The van der Waals surface area contributed by atoms with E-state index in [1.165, 1.54) is 4.90 Å². The van der Waals surface area contributed by atoms with Gasteiger partial charge in [0.25, 0.3) is 0 Å². The van der Waals surface area contributed by atoms with Gasteiger partial charge in [-0.2, -0.15) is 13.2 Å². The highest BCUT2D eigenvalue weighted by atomic mass is 19.4. The molecule has 2 atom stereocenters. The number of nitrogens with zero attached hydrogens (tertiary/aromatic N) is 1. The van der Waals surface area contributed by atoms with Gasteiger partial charge in [0.2, 0.25) is 5.91 Å². The second kappa shape index (κ2) is 4.24. The molecule has 1 N–H and O–H groups in total. The molecule has 2 fully saturated rings. The van der Waals surface area contributed by atoms with E-state index in [9.17, 15) is 18.0 Å². The molecule has 0 bridgehead atoms. The first-order valence-corrected chi connectivity index (χ1v) is 5.54. The van der Waals surface area contributed by atoms with E-state index in [0.29, 0.717) is 6.54 Å². The third-order valence-electron chi connectivity index (χ3n) is 3.37. The minimum absolute atomic E-state index is 0.0510. The molecular weight excluding hydrogens is 221 g/mol.